The second-order valence-corrected chi connectivity index (χ2v) is 5.12. The molecule has 0 aliphatic carbocycles. The minimum Gasteiger partial charge on any atom is -0.481 e. The fourth-order valence-corrected chi connectivity index (χ4v) is 2.58. The van der Waals surface area contributed by atoms with Gasteiger partial charge in [-0.3, -0.25) is 0 Å². The number of fused-ring (bicyclic) bond motifs is 1. The first-order valence-electron chi connectivity index (χ1n) is 6.01. The standard InChI is InChI=1S/C13H17NO3S/c1-3-16-13(15)14-9(2)6-10-4-5-12-11(7-10)17-8-18-12/h4-5,7,9H,3,6,8H2,1-2H3,(H,14,15). The van der Waals surface area contributed by atoms with E-state index in [1.165, 1.54) is 4.90 Å². The van der Waals surface area contributed by atoms with Crippen molar-refractivity contribution >= 4 is 17.9 Å². The molecule has 1 amide bonds. The summed E-state index contributed by atoms with van der Waals surface area (Å²) in [6.45, 7) is 4.14. The lowest BCUT2D eigenvalue weighted by Gasteiger charge is -2.14. The van der Waals surface area contributed by atoms with Crippen LogP contribution in [0.1, 0.15) is 19.4 Å². The highest BCUT2D eigenvalue weighted by Gasteiger charge is 2.14. The van der Waals surface area contributed by atoms with E-state index in [4.69, 9.17) is 9.47 Å². The number of alkyl carbamates (subject to hydrolysis) is 1. The number of hydrogen-bond acceptors (Lipinski definition) is 4. The van der Waals surface area contributed by atoms with Crippen LogP contribution >= 0.6 is 11.8 Å². The zero-order chi connectivity index (χ0) is 13.0. The Kier molecular flexibility index (Phi) is 4.36. The van der Waals surface area contributed by atoms with Crippen LogP contribution in [0.3, 0.4) is 0 Å². The van der Waals surface area contributed by atoms with Gasteiger partial charge in [0.25, 0.3) is 0 Å². The summed E-state index contributed by atoms with van der Waals surface area (Å²) in [6.07, 6.45) is 0.401. The number of rotatable bonds is 4. The molecule has 1 N–H and O–H groups in total. The Morgan fingerprint density at radius 3 is 3.22 bits per heavy atom. The van der Waals surface area contributed by atoms with E-state index >= 15 is 0 Å². The van der Waals surface area contributed by atoms with Crippen LogP contribution in [0.4, 0.5) is 4.79 Å². The molecule has 0 saturated heterocycles. The van der Waals surface area contributed by atoms with E-state index in [0.717, 1.165) is 17.7 Å². The minimum absolute atomic E-state index is 0.0381. The minimum atomic E-state index is -0.363. The van der Waals surface area contributed by atoms with Gasteiger partial charge in [-0.15, -0.1) is 0 Å². The fraction of sp³-hybridized carbons (Fsp3) is 0.462. The van der Waals surface area contributed by atoms with Crippen LogP contribution in [0.25, 0.3) is 0 Å². The van der Waals surface area contributed by atoms with Gasteiger partial charge in [0.15, 0.2) is 0 Å². The van der Waals surface area contributed by atoms with Crippen LogP contribution in [0, 0.1) is 0 Å². The molecule has 0 spiro atoms. The van der Waals surface area contributed by atoms with Crippen molar-refractivity contribution in [2.75, 3.05) is 12.5 Å². The molecular weight excluding hydrogens is 250 g/mol. The number of amides is 1. The normalized spacial score (nSPS) is 14.6. The Morgan fingerprint density at radius 2 is 2.44 bits per heavy atom. The Labute approximate surface area is 111 Å². The number of hydrogen-bond donors (Lipinski definition) is 1. The van der Waals surface area contributed by atoms with Gasteiger partial charge in [0, 0.05) is 6.04 Å². The molecule has 4 nitrogen and oxygen atoms in total. The number of thioether (sulfide) groups is 1. The summed E-state index contributed by atoms with van der Waals surface area (Å²) in [7, 11) is 0. The molecule has 0 bridgehead atoms. The first-order valence-corrected chi connectivity index (χ1v) is 6.99. The molecule has 18 heavy (non-hydrogen) atoms. The van der Waals surface area contributed by atoms with Crippen molar-refractivity contribution in [2.45, 2.75) is 31.2 Å². The maximum Gasteiger partial charge on any atom is 0.407 e. The Bertz CT molecular complexity index is 436. The average Bonchev–Trinajstić information content (AvgIpc) is 2.76. The molecule has 0 radical (unpaired) electrons. The van der Waals surface area contributed by atoms with Gasteiger partial charge in [-0.2, -0.15) is 0 Å². The quantitative estimate of drug-likeness (QED) is 0.911. The highest BCUT2D eigenvalue weighted by atomic mass is 32.2. The maximum absolute atomic E-state index is 11.3. The van der Waals surface area contributed by atoms with E-state index in [-0.39, 0.29) is 12.1 Å². The molecule has 2 rings (SSSR count). The second kappa shape index (κ2) is 6.00. The lowest BCUT2D eigenvalue weighted by atomic mass is 10.1. The van der Waals surface area contributed by atoms with Crippen molar-refractivity contribution in [3.63, 3.8) is 0 Å². The predicted octanol–water partition coefficient (Wildman–Crippen LogP) is 2.81. The third-order valence-electron chi connectivity index (χ3n) is 2.62. The van der Waals surface area contributed by atoms with E-state index in [0.29, 0.717) is 12.5 Å². The van der Waals surface area contributed by atoms with E-state index < -0.39 is 0 Å². The van der Waals surface area contributed by atoms with Crippen molar-refractivity contribution in [1.82, 2.24) is 5.32 Å². The van der Waals surface area contributed by atoms with Gasteiger partial charge in [-0.25, -0.2) is 4.79 Å². The van der Waals surface area contributed by atoms with Gasteiger partial charge in [0.1, 0.15) is 11.7 Å². The second-order valence-electron chi connectivity index (χ2n) is 4.16. The molecule has 0 fully saturated rings. The summed E-state index contributed by atoms with van der Waals surface area (Å²) < 4.78 is 10.3. The Morgan fingerprint density at radius 1 is 1.61 bits per heavy atom. The molecule has 1 aromatic carbocycles. The Hall–Kier alpha value is -1.36. The monoisotopic (exact) mass is 267 g/mol. The van der Waals surface area contributed by atoms with Crippen molar-refractivity contribution < 1.29 is 14.3 Å². The van der Waals surface area contributed by atoms with Crippen molar-refractivity contribution in [1.29, 1.82) is 0 Å². The molecule has 1 aromatic rings. The smallest absolute Gasteiger partial charge is 0.407 e. The van der Waals surface area contributed by atoms with Gasteiger partial charge in [-0.1, -0.05) is 17.8 Å². The van der Waals surface area contributed by atoms with Crippen molar-refractivity contribution in [2.24, 2.45) is 0 Å². The van der Waals surface area contributed by atoms with Crippen LogP contribution in [-0.4, -0.2) is 24.7 Å². The van der Waals surface area contributed by atoms with Crippen LogP contribution in [0.15, 0.2) is 23.1 Å². The van der Waals surface area contributed by atoms with E-state index in [9.17, 15) is 4.79 Å². The first kappa shape index (κ1) is 13.1. The van der Waals surface area contributed by atoms with E-state index in [1.807, 2.05) is 13.0 Å². The van der Waals surface area contributed by atoms with Gasteiger partial charge in [-0.05, 0) is 38.0 Å². The third kappa shape index (κ3) is 3.32. The lowest BCUT2D eigenvalue weighted by Crippen LogP contribution is -2.34. The molecular formula is C13H17NO3S. The fourth-order valence-electron chi connectivity index (χ4n) is 1.85. The van der Waals surface area contributed by atoms with Crippen LogP contribution in [0.2, 0.25) is 0 Å². The molecule has 0 saturated carbocycles. The largest absolute Gasteiger partial charge is 0.481 e. The van der Waals surface area contributed by atoms with Crippen molar-refractivity contribution in [3.05, 3.63) is 23.8 Å². The number of nitrogens with one attached hydrogen (secondary N) is 1. The molecule has 1 atom stereocenters. The topological polar surface area (TPSA) is 47.6 Å². The Balaban J connectivity index is 1.91. The number of benzene rings is 1. The van der Waals surface area contributed by atoms with Gasteiger partial charge < -0.3 is 14.8 Å². The molecule has 1 unspecified atom stereocenters. The summed E-state index contributed by atoms with van der Waals surface area (Å²) >= 11 is 1.70. The zero-order valence-corrected chi connectivity index (χ0v) is 11.4. The van der Waals surface area contributed by atoms with E-state index in [2.05, 4.69) is 17.4 Å². The summed E-state index contributed by atoms with van der Waals surface area (Å²) in [5.41, 5.74) is 1.15. The summed E-state index contributed by atoms with van der Waals surface area (Å²) in [4.78, 5) is 12.5. The first-order chi connectivity index (χ1) is 8.69. The molecule has 5 heteroatoms. The highest BCUT2D eigenvalue weighted by Crippen LogP contribution is 2.36. The SMILES string of the molecule is CCOC(=O)NC(C)Cc1ccc2c(c1)OCS2. The third-order valence-corrected chi connectivity index (χ3v) is 3.50. The van der Waals surface area contributed by atoms with E-state index in [1.54, 1.807) is 18.7 Å². The van der Waals surface area contributed by atoms with Crippen LogP contribution in [0.5, 0.6) is 5.75 Å². The lowest BCUT2D eigenvalue weighted by molar-refractivity contribution is 0.149. The summed E-state index contributed by atoms with van der Waals surface area (Å²) in [5.74, 6) is 1.64. The molecule has 1 aliphatic rings. The molecule has 1 heterocycles. The number of carbonyl (C=O) groups is 1. The summed E-state index contributed by atoms with van der Waals surface area (Å²) in [6, 6.07) is 6.22. The average molecular weight is 267 g/mol. The van der Waals surface area contributed by atoms with Gasteiger partial charge >= 0.3 is 6.09 Å². The predicted molar refractivity (Wildman–Crippen MR) is 71.1 cm³/mol. The maximum atomic E-state index is 11.3. The molecule has 98 valence electrons. The van der Waals surface area contributed by atoms with Crippen molar-refractivity contribution in [3.8, 4) is 5.75 Å². The van der Waals surface area contributed by atoms with Gasteiger partial charge in [0.05, 0.1) is 11.5 Å². The molecule has 0 aromatic heterocycles. The van der Waals surface area contributed by atoms with Crippen LogP contribution < -0.4 is 10.1 Å². The molecule has 1 aliphatic heterocycles. The number of ether oxygens (including phenoxy) is 2. The summed E-state index contributed by atoms with van der Waals surface area (Å²) in [5, 5.41) is 2.79. The number of carbonyl (C=O) groups excluding carboxylic acids is 1. The van der Waals surface area contributed by atoms with Gasteiger partial charge in [0.2, 0.25) is 0 Å². The highest BCUT2D eigenvalue weighted by molar-refractivity contribution is 7.99. The van der Waals surface area contributed by atoms with Crippen LogP contribution in [-0.2, 0) is 11.2 Å². The zero-order valence-electron chi connectivity index (χ0n) is 10.6.